The molecule has 0 aliphatic carbocycles. The van der Waals surface area contributed by atoms with Crippen molar-refractivity contribution in [3.05, 3.63) is 68.9 Å². The number of hydrogen-bond acceptors (Lipinski definition) is 20. The summed E-state index contributed by atoms with van der Waals surface area (Å²) in [5.74, 6) is -0.00262. The summed E-state index contributed by atoms with van der Waals surface area (Å²) in [6.45, 7) is 6.96. The monoisotopic (exact) mass is 1130 g/mol. The molecule has 4 aliphatic heterocycles. The number of nitrogens with one attached hydrogen (secondary N) is 2. The summed E-state index contributed by atoms with van der Waals surface area (Å²) in [7, 11) is -21.2. The Labute approximate surface area is 428 Å². The molecule has 0 bridgehead atoms. The topological polar surface area (TPSA) is 399 Å². The molecule has 4 aromatic rings. The van der Waals surface area contributed by atoms with Crippen LogP contribution in [0.15, 0.2) is 46.5 Å². The minimum atomic E-state index is -5.84. The number of hydrogen-bond donors (Lipinski definition) is 9. The molecule has 1 fully saturated rings. The first-order valence-electron chi connectivity index (χ1n) is 23.9. The highest BCUT2D eigenvalue weighted by molar-refractivity contribution is 7.86. The number of unbranched alkanes of at least 4 members (excludes halogenated alkanes) is 3. The summed E-state index contributed by atoms with van der Waals surface area (Å²) in [5.41, 5.74) is 7.19. The van der Waals surface area contributed by atoms with Gasteiger partial charge in [0.05, 0.1) is 31.1 Å². The zero-order chi connectivity index (χ0) is 54.3. The number of aryl methyl sites for hydroxylation is 1. The maximum absolute atomic E-state index is 12.9. The molecule has 1 saturated heterocycles. The third kappa shape index (κ3) is 13.5. The highest BCUT2D eigenvalue weighted by atomic mass is 32.2. The SMILES string of the molecule is CC[N+]1=c2cc3c(cc2CCC1)=Nc1cc2c(cc1O3)N(CCCC(=O)NCCCCCCOP(=O)(O)OP(=O)(O)OP(=O)(O)OC[C@H]1O[C@@H](n3cnc4c(=O)[nH]c(N)nc43)[C@H](O)[C@@H]1O)C(C)(C)C=C2CS(=O)(=O)O. The molecule has 8 rings (SSSR count). The molecule has 3 unspecified atom stereocenters. The second-order valence-electron chi connectivity index (χ2n) is 18.8. The van der Waals surface area contributed by atoms with E-state index in [-0.39, 0.29) is 35.9 Å². The molecule has 6 heterocycles. The predicted octanol–water partition coefficient (Wildman–Crippen LogP) is 2.23. The van der Waals surface area contributed by atoms with E-state index in [0.717, 1.165) is 42.2 Å². The fraction of sp³-hybridized carbons (Fsp3) is 0.535. The number of aliphatic hydroxyl groups excluding tert-OH is 2. The van der Waals surface area contributed by atoms with E-state index >= 15 is 0 Å². The van der Waals surface area contributed by atoms with Crippen LogP contribution in [0.25, 0.3) is 16.7 Å². The van der Waals surface area contributed by atoms with Gasteiger partial charge in [-0.15, -0.1) is 0 Å². The van der Waals surface area contributed by atoms with E-state index in [9.17, 15) is 61.1 Å². The number of carbonyl (C=O) groups excluding carboxylic acids is 1. The van der Waals surface area contributed by atoms with Crippen LogP contribution in [0.2, 0.25) is 0 Å². The van der Waals surface area contributed by atoms with Gasteiger partial charge >= 0.3 is 23.5 Å². The highest BCUT2D eigenvalue weighted by Gasteiger charge is 2.47. The van der Waals surface area contributed by atoms with Gasteiger partial charge in [0.25, 0.3) is 15.7 Å². The zero-order valence-corrected chi connectivity index (χ0v) is 44.4. The molecule has 4 aliphatic rings. The Kier molecular flexibility index (Phi) is 16.8. The minimum Gasteiger partial charge on any atom is -0.452 e. The van der Waals surface area contributed by atoms with E-state index in [1.807, 2.05) is 32.0 Å². The summed E-state index contributed by atoms with van der Waals surface area (Å²) in [4.78, 5) is 72.2. The Morgan fingerprint density at radius 3 is 2.47 bits per heavy atom. The number of rotatable bonds is 23. The summed E-state index contributed by atoms with van der Waals surface area (Å²) in [6, 6.07) is 7.67. The Morgan fingerprint density at radius 1 is 1.00 bits per heavy atom. The molecule has 0 radical (unpaired) electrons. The molecule has 28 nitrogen and oxygen atoms in total. The lowest BCUT2D eigenvalue weighted by Crippen LogP contribution is -2.46. The zero-order valence-electron chi connectivity index (χ0n) is 40.9. The van der Waals surface area contributed by atoms with Crippen LogP contribution in [0, 0.1) is 0 Å². The molecule has 10 N–H and O–H groups in total. The van der Waals surface area contributed by atoms with Crippen molar-refractivity contribution in [1.82, 2.24) is 29.4 Å². The first-order chi connectivity index (χ1) is 35.2. The van der Waals surface area contributed by atoms with Crippen LogP contribution in [0.5, 0.6) is 11.5 Å². The van der Waals surface area contributed by atoms with Gasteiger partial charge in [-0.25, -0.2) is 28.2 Å². The summed E-state index contributed by atoms with van der Waals surface area (Å²) >= 11 is 0. The van der Waals surface area contributed by atoms with E-state index in [2.05, 4.69) is 49.8 Å². The van der Waals surface area contributed by atoms with Crippen molar-refractivity contribution in [2.45, 2.75) is 102 Å². The number of phosphoric acid groups is 3. The van der Waals surface area contributed by atoms with Crippen molar-refractivity contribution in [2.24, 2.45) is 4.99 Å². The standard InChI is InChI=1S/C43H58N9O19P3S/c1-4-50-14-9-11-25-17-28-32(19-30(25)50)68-33-20-31-27(18-29(33)47-28)26(23-75(63,64)65)21-43(2,3)52(31)15-10-12-35(53)45-13-7-5-6-8-16-66-72(57,58)70-74(61,62)71-73(59,60)67-22-34-37(54)38(55)41(69-34)51-24-46-36-39(51)48-42(44)49-40(36)56/h17-21,24,34,37-38,41,54-55H,4-16,22-23H2,1-3H3,(H7-,44,45,48,49,53,56,57,58,59,60,61,62,63,64,65)/p+1/t34-,37-,38-,41-/m1/s1. The van der Waals surface area contributed by atoms with Crippen LogP contribution in [0.4, 0.5) is 17.3 Å². The number of aromatic nitrogens is 4. The molecule has 2 aromatic heterocycles. The Morgan fingerprint density at radius 2 is 1.73 bits per heavy atom. The van der Waals surface area contributed by atoms with E-state index in [1.54, 1.807) is 12.1 Å². The first-order valence-corrected chi connectivity index (χ1v) is 30.0. The number of imidazole rings is 1. The number of fused-ring (bicyclic) bond motifs is 5. The number of amides is 1. The molecule has 1 amide bonds. The van der Waals surface area contributed by atoms with Crippen LogP contribution in [-0.2, 0) is 57.4 Å². The number of phosphoric ester groups is 2. The van der Waals surface area contributed by atoms with Crippen molar-refractivity contribution < 1.29 is 83.5 Å². The normalized spacial score (nSPS) is 22.3. The quantitative estimate of drug-likeness (QED) is 0.0196. The van der Waals surface area contributed by atoms with Crippen molar-refractivity contribution in [1.29, 1.82) is 0 Å². The number of carbonyl (C=O) groups is 1. The summed E-state index contributed by atoms with van der Waals surface area (Å²) < 4.78 is 105. The number of aliphatic hydroxyl groups is 2. The maximum Gasteiger partial charge on any atom is 0.490 e. The predicted molar refractivity (Wildman–Crippen MR) is 267 cm³/mol. The lowest BCUT2D eigenvalue weighted by atomic mass is 9.88. The summed E-state index contributed by atoms with van der Waals surface area (Å²) in [6.07, 6.45) is 0.481. The van der Waals surface area contributed by atoms with Crippen LogP contribution in [0.1, 0.15) is 83.1 Å². The van der Waals surface area contributed by atoms with E-state index < -0.39 is 88.2 Å². The molecular weight excluding hydrogens is 1070 g/mol. The molecule has 0 spiro atoms. The van der Waals surface area contributed by atoms with Crippen LogP contribution >= 0.6 is 23.5 Å². The van der Waals surface area contributed by atoms with Crippen LogP contribution < -0.4 is 41.5 Å². The van der Waals surface area contributed by atoms with Gasteiger partial charge in [0.1, 0.15) is 48.2 Å². The van der Waals surface area contributed by atoms with Gasteiger partial charge in [-0.3, -0.25) is 32.7 Å². The van der Waals surface area contributed by atoms with E-state index in [4.69, 9.17) is 24.7 Å². The number of aromatic amines is 1. The molecular formula is C43H59N9O19P3S+. The Hall–Kier alpha value is -4.80. The Bertz CT molecular complexity index is 3360. The van der Waals surface area contributed by atoms with Gasteiger partial charge in [-0.1, -0.05) is 18.9 Å². The van der Waals surface area contributed by atoms with Gasteiger partial charge in [0, 0.05) is 48.8 Å². The Balaban J connectivity index is 0.756. The van der Waals surface area contributed by atoms with Gasteiger partial charge in [-0.05, 0) is 64.2 Å². The highest BCUT2D eigenvalue weighted by Crippen LogP contribution is 2.67. The third-order valence-corrected chi connectivity index (χ3v) is 17.8. The lowest BCUT2D eigenvalue weighted by Gasteiger charge is -2.44. The number of ether oxygens (including phenoxy) is 2. The molecule has 32 heteroatoms. The number of benzene rings is 2. The second kappa shape index (κ2) is 22.3. The van der Waals surface area contributed by atoms with Gasteiger partial charge in [-0.2, -0.15) is 22.0 Å². The van der Waals surface area contributed by atoms with Crippen molar-refractivity contribution in [2.75, 3.05) is 55.8 Å². The lowest BCUT2D eigenvalue weighted by molar-refractivity contribution is -0.121. The number of nitrogens with zero attached hydrogens (tertiary/aromatic N) is 6. The van der Waals surface area contributed by atoms with Crippen molar-refractivity contribution >= 4 is 73.6 Å². The molecule has 0 saturated carbocycles. The fourth-order valence-corrected chi connectivity index (χ4v) is 13.6. The maximum atomic E-state index is 12.9. The number of nitrogens with two attached hydrogens (primary N) is 1. The second-order valence-corrected chi connectivity index (χ2v) is 24.9. The van der Waals surface area contributed by atoms with Gasteiger partial charge < -0.3 is 50.3 Å². The molecule has 2 aromatic carbocycles. The van der Waals surface area contributed by atoms with E-state index in [0.29, 0.717) is 78.1 Å². The first kappa shape index (κ1) is 56.4. The number of H-pyrrole nitrogens is 1. The van der Waals surface area contributed by atoms with Crippen LogP contribution in [-0.4, -0.2) is 132 Å². The van der Waals surface area contributed by atoms with Gasteiger partial charge in [0.15, 0.2) is 28.9 Å². The largest absolute Gasteiger partial charge is 0.490 e. The number of anilines is 2. The minimum absolute atomic E-state index is 0.129. The van der Waals surface area contributed by atoms with Gasteiger partial charge in [0.2, 0.25) is 17.2 Å². The molecule has 75 heavy (non-hydrogen) atoms. The fourth-order valence-electron chi connectivity index (χ4n) is 9.44. The van der Waals surface area contributed by atoms with Crippen molar-refractivity contribution in [3.63, 3.8) is 0 Å². The van der Waals surface area contributed by atoms with Crippen LogP contribution in [0.3, 0.4) is 0 Å². The average molecular weight is 1130 g/mol. The smallest absolute Gasteiger partial charge is 0.452 e. The number of nitrogen functional groups attached to an aromatic ring is 1. The molecule has 410 valence electrons. The summed E-state index contributed by atoms with van der Waals surface area (Å²) in [5, 5.41) is 25.7. The van der Waals surface area contributed by atoms with Crippen molar-refractivity contribution in [3.8, 4) is 11.5 Å². The third-order valence-electron chi connectivity index (χ3n) is 12.8. The van der Waals surface area contributed by atoms with E-state index in [1.165, 1.54) is 5.56 Å². The molecule has 7 atom stereocenters. The average Bonchev–Trinajstić information content (AvgIpc) is 3.85.